The van der Waals surface area contributed by atoms with E-state index < -0.39 is 15.8 Å². The first-order valence-electron chi connectivity index (χ1n) is 7.53. The number of halogens is 2. The molecule has 0 aliphatic carbocycles. The Bertz CT molecular complexity index is 809. The van der Waals surface area contributed by atoms with Crippen LogP contribution in [0.1, 0.15) is 5.56 Å². The van der Waals surface area contributed by atoms with E-state index in [4.69, 9.17) is 11.6 Å². The summed E-state index contributed by atoms with van der Waals surface area (Å²) < 4.78 is 39.9. The van der Waals surface area contributed by atoms with Crippen LogP contribution < -0.4 is 0 Å². The van der Waals surface area contributed by atoms with Gasteiger partial charge in [-0.15, -0.1) is 0 Å². The molecular formula is C16H17ClFN3O2S. The summed E-state index contributed by atoms with van der Waals surface area (Å²) in [4.78, 5) is 6.13. The van der Waals surface area contributed by atoms with Gasteiger partial charge in [-0.25, -0.2) is 12.8 Å². The molecule has 0 spiro atoms. The number of nitrogens with zero attached hydrogens (tertiary/aromatic N) is 3. The molecule has 0 saturated carbocycles. The van der Waals surface area contributed by atoms with Crippen molar-refractivity contribution in [1.29, 1.82) is 0 Å². The van der Waals surface area contributed by atoms with Crippen molar-refractivity contribution in [2.24, 2.45) is 0 Å². The highest BCUT2D eigenvalue weighted by Gasteiger charge is 2.30. The fourth-order valence-electron chi connectivity index (χ4n) is 2.70. The van der Waals surface area contributed by atoms with E-state index in [9.17, 15) is 12.8 Å². The molecule has 0 unspecified atom stereocenters. The van der Waals surface area contributed by atoms with Gasteiger partial charge in [-0.3, -0.25) is 9.88 Å². The summed E-state index contributed by atoms with van der Waals surface area (Å²) >= 11 is 5.91. The van der Waals surface area contributed by atoms with Gasteiger partial charge in [-0.05, 0) is 35.9 Å². The topological polar surface area (TPSA) is 53.5 Å². The molecule has 1 aliphatic rings. The number of pyridine rings is 1. The number of piperazine rings is 1. The molecule has 1 aliphatic heterocycles. The second-order valence-electron chi connectivity index (χ2n) is 5.61. The fraction of sp³-hybridized carbons (Fsp3) is 0.312. The quantitative estimate of drug-likeness (QED) is 0.830. The average Bonchev–Trinajstić information content (AvgIpc) is 2.56. The average molecular weight is 370 g/mol. The van der Waals surface area contributed by atoms with Gasteiger partial charge in [-0.2, -0.15) is 4.31 Å². The Kier molecular flexibility index (Phi) is 5.15. The summed E-state index contributed by atoms with van der Waals surface area (Å²) in [5, 5.41) is -0.0887. The van der Waals surface area contributed by atoms with E-state index >= 15 is 0 Å². The Labute approximate surface area is 145 Å². The number of aromatic nitrogens is 1. The Morgan fingerprint density at radius 3 is 2.38 bits per heavy atom. The lowest BCUT2D eigenvalue weighted by atomic mass is 10.2. The molecule has 8 heteroatoms. The van der Waals surface area contributed by atoms with Crippen LogP contribution in [0.2, 0.25) is 5.02 Å². The number of rotatable bonds is 4. The van der Waals surface area contributed by atoms with Crippen LogP contribution in [0.15, 0.2) is 47.6 Å². The zero-order chi connectivity index (χ0) is 17.2. The van der Waals surface area contributed by atoms with Gasteiger partial charge in [0.15, 0.2) is 0 Å². The third kappa shape index (κ3) is 3.75. The molecule has 3 rings (SSSR count). The molecule has 24 heavy (non-hydrogen) atoms. The van der Waals surface area contributed by atoms with Crippen LogP contribution in [-0.4, -0.2) is 48.8 Å². The highest BCUT2D eigenvalue weighted by atomic mass is 35.5. The largest absolute Gasteiger partial charge is 0.296 e. The predicted molar refractivity (Wildman–Crippen MR) is 89.7 cm³/mol. The summed E-state index contributed by atoms with van der Waals surface area (Å²) in [5.74, 6) is -0.555. The number of hydrogen-bond donors (Lipinski definition) is 0. The minimum Gasteiger partial charge on any atom is -0.296 e. The van der Waals surface area contributed by atoms with Gasteiger partial charge < -0.3 is 0 Å². The van der Waals surface area contributed by atoms with Gasteiger partial charge in [0.25, 0.3) is 0 Å². The summed E-state index contributed by atoms with van der Waals surface area (Å²) in [6.45, 7) is 2.76. The molecule has 128 valence electrons. The normalized spacial score (nSPS) is 17.1. The first-order chi connectivity index (χ1) is 11.5. The van der Waals surface area contributed by atoms with Crippen LogP contribution in [-0.2, 0) is 16.6 Å². The van der Waals surface area contributed by atoms with Crippen LogP contribution in [0.25, 0.3) is 0 Å². The van der Waals surface area contributed by atoms with Gasteiger partial charge in [0.2, 0.25) is 10.0 Å². The Morgan fingerprint density at radius 1 is 1.08 bits per heavy atom. The van der Waals surface area contributed by atoms with Crippen molar-refractivity contribution < 1.29 is 12.8 Å². The maximum absolute atomic E-state index is 13.1. The Balaban J connectivity index is 1.67. The van der Waals surface area contributed by atoms with Crippen LogP contribution in [0.3, 0.4) is 0 Å². The van der Waals surface area contributed by atoms with Crippen molar-refractivity contribution in [1.82, 2.24) is 14.2 Å². The molecule has 0 bridgehead atoms. The second kappa shape index (κ2) is 7.14. The van der Waals surface area contributed by atoms with E-state index in [0.717, 1.165) is 24.2 Å². The molecule has 0 radical (unpaired) electrons. The van der Waals surface area contributed by atoms with E-state index in [2.05, 4.69) is 9.88 Å². The predicted octanol–water partition coefficient (Wildman–Crippen LogP) is 2.38. The minimum absolute atomic E-state index is 0.0480. The highest BCUT2D eigenvalue weighted by Crippen LogP contribution is 2.26. The van der Waals surface area contributed by atoms with Crippen LogP contribution >= 0.6 is 11.6 Å². The molecule has 2 aromatic rings. The van der Waals surface area contributed by atoms with Crippen molar-refractivity contribution >= 4 is 21.6 Å². The zero-order valence-corrected chi connectivity index (χ0v) is 14.5. The summed E-state index contributed by atoms with van der Waals surface area (Å²) in [6.07, 6.45) is 3.49. The van der Waals surface area contributed by atoms with Crippen LogP contribution in [0.5, 0.6) is 0 Å². The SMILES string of the molecule is O=S(=O)(c1ccc(F)cc1Cl)N1CCN(Cc2ccncc2)CC1. The third-order valence-corrected chi connectivity index (χ3v) is 6.38. The van der Waals surface area contributed by atoms with Gasteiger partial charge in [0.05, 0.1) is 5.02 Å². The summed E-state index contributed by atoms with van der Waals surface area (Å²) in [6, 6.07) is 7.24. The number of hydrogen-bond acceptors (Lipinski definition) is 4. The number of sulfonamides is 1. The maximum Gasteiger partial charge on any atom is 0.244 e. The zero-order valence-electron chi connectivity index (χ0n) is 12.9. The molecule has 2 heterocycles. The van der Waals surface area contributed by atoms with Crippen LogP contribution in [0.4, 0.5) is 4.39 Å². The van der Waals surface area contributed by atoms with E-state index in [-0.39, 0.29) is 9.92 Å². The highest BCUT2D eigenvalue weighted by molar-refractivity contribution is 7.89. The summed E-state index contributed by atoms with van der Waals surface area (Å²) in [5.41, 5.74) is 1.14. The molecule has 1 saturated heterocycles. The number of benzene rings is 1. The Hall–Kier alpha value is -1.54. The molecular weight excluding hydrogens is 353 g/mol. The van der Waals surface area contributed by atoms with Gasteiger partial charge in [-0.1, -0.05) is 11.6 Å². The van der Waals surface area contributed by atoms with Crippen molar-refractivity contribution in [2.75, 3.05) is 26.2 Å². The first kappa shape index (κ1) is 17.3. The minimum atomic E-state index is -3.71. The summed E-state index contributed by atoms with van der Waals surface area (Å²) in [7, 11) is -3.71. The van der Waals surface area contributed by atoms with Crippen molar-refractivity contribution in [2.45, 2.75) is 11.4 Å². The lowest BCUT2D eigenvalue weighted by Crippen LogP contribution is -2.48. The monoisotopic (exact) mass is 369 g/mol. The third-order valence-electron chi connectivity index (χ3n) is 4.00. The smallest absolute Gasteiger partial charge is 0.244 e. The lowest BCUT2D eigenvalue weighted by molar-refractivity contribution is 0.181. The van der Waals surface area contributed by atoms with Crippen molar-refractivity contribution in [3.05, 3.63) is 59.1 Å². The van der Waals surface area contributed by atoms with Crippen LogP contribution in [0, 0.1) is 5.82 Å². The van der Waals surface area contributed by atoms with E-state index in [1.165, 1.54) is 10.4 Å². The maximum atomic E-state index is 13.1. The van der Waals surface area contributed by atoms with Gasteiger partial charge in [0.1, 0.15) is 10.7 Å². The van der Waals surface area contributed by atoms with E-state index in [0.29, 0.717) is 26.2 Å². The molecule has 0 amide bonds. The molecule has 1 aromatic heterocycles. The van der Waals surface area contributed by atoms with Gasteiger partial charge >= 0.3 is 0 Å². The molecule has 1 fully saturated rings. The lowest BCUT2D eigenvalue weighted by Gasteiger charge is -2.34. The molecule has 0 atom stereocenters. The fourth-order valence-corrected chi connectivity index (χ4v) is 4.63. The second-order valence-corrected chi connectivity index (χ2v) is 7.92. The molecule has 0 N–H and O–H groups in total. The molecule has 1 aromatic carbocycles. The van der Waals surface area contributed by atoms with Crippen molar-refractivity contribution in [3.63, 3.8) is 0 Å². The standard InChI is InChI=1S/C16H17ClFN3O2S/c17-15-11-14(18)1-2-16(15)24(22,23)21-9-7-20(8-10-21)12-13-3-5-19-6-4-13/h1-6,11H,7-10,12H2. The van der Waals surface area contributed by atoms with E-state index in [1.54, 1.807) is 12.4 Å². The van der Waals surface area contributed by atoms with Gasteiger partial charge in [0, 0.05) is 45.1 Å². The first-order valence-corrected chi connectivity index (χ1v) is 9.35. The molecule has 5 nitrogen and oxygen atoms in total. The Morgan fingerprint density at radius 2 is 1.75 bits per heavy atom. The van der Waals surface area contributed by atoms with Crippen molar-refractivity contribution in [3.8, 4) is 0 Å². The van der Waals surface area contributed by atoms with E-state index in [1.807, 2.05) is 12.1 Å².